The Hall–Kier alpha value is -1.88. The van der Waals surface area contributed by atoms with Gasteiger partial charge in [0.2, 0.25) is 0 Å². The van der Waals surface area contributed by atoms with Crippen molar-refractivity contribution in [1.82, 2.24) is 4.98 Å². The van der Waals surface area contributed by atoms with Crippen LogP contribution in [-0.2, 0) is 5.41 Å². The van der Waals surface area contributed by atoms with Gasteiger partial charge >= 0.3 is 0 Å². The number of rotatable bonds is 3. The highest BCUT2D eigenvalue weighted by Gasteiger charge is 2.20. The van der Waals surface area contributed by atoms with Crippen LogP contribution in [0.3, 0.4) is 0 Å². The molecule has 2 aromatic rings. The van der Waals surface area contributed by atoms with Gasteiger partial charge in [-0.05, 0) is 24.5 Å². The van der Waals surface area contributed by atoms with E-state index in [0.717, 1.165) is 10.9 Å². The molecule has 108 valence electrons. The minimum atomic E-state index is -0.418. The van der Waals surface area contributed by atoms with E-state index in [1.54, 1.807) is 6.07 Å². The number of nitrogen functional groups attached to an aromatic ring is 1. The number of hydrogen-bond donors (Lipinski definition) is 2. The van der Waals surface area contributed by atoms with E-state index in [0.29, 0.717) is 17.9 Å². The first-order chi connectivity index (χ1) is 9.36. The molecule has 5 heteroatoms. The molecule has 0 bridgehead atoms. The minimum absolute atomic E-state index is 0.122. The number of nitrogens with one attached hydrogen (secondary N) is 1. The summed E-state index contributed by atoms with van der Waals surface area (Å²) in [6.45, 7) is 8.46. The maximum atomic E-state index is 13.9. The molecule has 1 aromatic heterocycles. The summed E-state index contributed by atoms with van der Waals surface area (Å²) in [5.74, 6) is 5.91. The van der Waals surface area contributed by atoms with Gasteiger partial charge in [-0.15, -0.1) is 0 Å². The summed E-state index contributed by atoms with van der Waals surface area (Å²) in [4.78, 5) is 4.39. The molecule has 4 nitrogen and oxygen atoms in total. The van der Waals surface area contributed by atoms with Crippen molar-refractivity contribution < 1.29 is 9.13 Å². The van der Waals surface area contributed by atoms with E-state index in [-0.39, 0.29) is 11.2 Å². The molecule has 0 aliphatic heterocycles. The van der Waals surface area contributed by atoms with Gasteiger partial charge < -0.3 is 10.2 Å². The Morgan fingerprint density at radius 3 is 2.55 bits per heavy atom. The largest absolute Gasteiger partial charge is 0.491 e. The van der Waals surface area contributed by atoms with Gasteiger partial charge in [0.1, 0.15) is 5.82 Å². The third-order valence-electron chi connectivity index (χ3n) is 3.11. The number of benzene rings is 1. The highest BCUT2D eigenvalue weighted by atomic mass is 19.1. The summed E-state index contributed by atoms with van der Waals surface area (Å²) in [6.07, 6.45) is 0. The minimum Gasteiger partial charge on any atom is -0.491 e. The summed E-state index contributed by atoms with van der Waals surface area (Å²) in [6, 6.07) is 5.02. The van der Waals surface area contributed by atoms with Crippen LogP contribution in [0, 0.1) is 5.82 Å². The highest BCUT2D eigenvalue weighted by molar-refractivity contribution is 5.83. The predicted molar refractivity (Wildman–Crippen MR) is 79.4 cm³/mol. The molecular weight excluding hydrogens is 257 g/mol. The lowest BCUT2D eigenvalue weighted by Gasteiger charge is -2.22. The molecule has 0 aliphatic rings. The smallest absolute Gasteiger partial charge is 0.167 e. The van der Waals surface area contributed by atoms with Crippen LogP contribution in [0.25, 0.3) is 10.9 Å². The lowest BCUT2D eigenvalue weighted by atomic mass is 9.86. The molecule has 0 amide bonds. The SMILES string of the molecule is CCOc1cc2cc(C(C)(C)C)c(NN)nc2cc1F. The average molecular weight is 277 g/mol. The van der Waals surface area contributed by atoms with E-state index < -0.39 is 5.82 Å². The average Bonchev–Trinajstić information content (AvgIpc) is 2.37. The van der Waals surface area contributed by atoms with Crippen LogP contribution in [0.5, 0.6) is 5.75 Å². The zero-order chi connectivity index (χ0) is 14.9. The predicted octanol–water partition coefficient (Wildman–Crippen LogP) is 3.36. The zero-order valence-electron chi connectivity index (χ0n) is 12.2. The molecule has 20 heavy (non-hydrogen) atoms. The van der Waals surface area contributed by atoms with Crippen LogP contribution in [0.2, 0.25) is 0 Å². The van der Waals surface area contributed by atoms with Gasteiger partial charge in [-0.1, -0.05) is 20.8 Å². The molecule has 0 saturated carbocycles. The molecule has 0 radical (unpaired) electrons. The van der Waals surface area contributed by atoms with Crippen molar-refractivity contribution in [3.63, 3.8) is 0 Å². The molecule has 2 rings (SSSR count). The Morgan fingerprint density at radius 2 is 2.00 bits per heavy atom. The van der Waals surface area contributed by atoms with Crippen LogP contribution in [0.15, 0.2) is 18.2 Å². The summed E-state index contributed by atoms with van der Waals surface area (Å²) in [7, 11) is 0. The maximum absolute atomic E-state index is 13.9. The summed E-state index contributed by atoms with van der Waals surface area (Å²) < 4.78 is 19.1. The molecule has 0 saturated heterocycles. The van der Waals surface area contributed by atoms with E-state index in [4.69, 9.17) is 10.6 Å². The molecule has 1 aromatic carbocycles. The van der Waals surface area contributed by atoms with Crippen molar-refractivity contribution in [2.75, 3.05) is 12.0 Å². The van der Waals surface area contributed by atoms with Crippen molar-refractivity contribution in [3.8, 4) is 5.75 Å². The number of halogens is 1. The van der Waals surface area contributed by atoms with Gasteiger partial charge in [0, 0.05) is 17.0 Å². The number of fused-ring (bicyclic) bond motifs is 1. The summed E-state index contributed by atoms with van der Waals surface area (Å²) in [5.41, 5.74) is 3.99. The second-order valence-electron chi connectivity index (χ2n) is 5.69. The van der Waals surface area contributed by atoms with Crippen LogP contribution in [0.1, 0.15) is 33.3 Å². The lowest BCUT2D eigenvalue weighted by molar-refractivity contribution is 0.322. The van der Waals surface area contributed by atoms with Gasteiger partial charge in [0.25, 0.3) is 0 Å². The summed E-state index contributed by atoms with van der Waals surface area (Å²) in [5, 5.41) is 0.832. The Bertz CT molecular complexity index is 635. The third-order valence-corrected chi connectivity index (χ3v) is 3.11. The van der Waals surface area contributed by atoms with E-state index in [2.05, 4.69) is 31.2 Å². The second-order valence-corrected chi connectivity index (χ2v) is 5.69. The number of nitrogens with two attached hydrogens (primary N) is 1. The topological polar surface area (TPSA) is 60.2 Å². The third kappa shape index (κ3) is 2.67. The number of anilines is 1. The first kappa shape index (κ1) is 14.5. The van der Waals surface area contributed by atoms with E-state index in [1.165, 1.54) is 6.07 Å². The van der Waals surface area contributed by atoms with E-state index in [9.17, 15) is 4.39 Å². The normalized spacial score (nSPS) is 11.7. The highest BCUT2D eigenvalue weighted by Crippen LogP contribution is 2.33. The van der Waals surface area contributed by atoms with Crippen molar-refractivity contribution >= 4 is 16.7 Å². The first-order valence-corrected chi connectivity index (χ1v) is 6.61. The lowest BCUT2D eigenvalue weighted by Crippen LogP contribution is -2.19. The van der Waals surface area contributed by atoms with E-state index >= 15 is 0 Å². The van der Waals surface area contributed by atoms with Crippen LogP contribution < -0.4 is 16.0 Å². The standard InChI is InChI=1S/C15H20FN3O/c1-5-20-13-7-9-6-10(15(2,3)4)14(19-17)18-12(9)8-11(13)16/h6-8H,5,17H2,1-4H3,(H,18,19). The Morgan fingerprint density at radius 1 is 1.30 bits per heavy atom. The van der Waals surface area contributed by atoms with Gasteiger partial charge in [-0.3, -0.25) is 0 Å². The number of nitrogens with zero attached hydrogens (tertiary/aromatic N) is 1. The zero-order valence-corrected chi connectivity index (χ0v) is 12.2. The number of aromatic nitrogens is 1. The number of ether oxygens (including phenoxy) is 1. The molecule has 0 fully saturated rings. The monoisotopic (exact) mass is 277 g/mol. The fourth-order valence-corrected chi connectivity index (χ4v) is 2.12. The molecule has 1 heterocycles. The van der Waals surface area contributed by atoms with Crippen molar-refractivity contribution in [2.45, 2.75) is 33.1 Å². The molecule has 0 unspecified atom stereocenters. The Kier molecular flexibility index (Phi) is 3.81. The Labute approximate surface area is 118 Å². The van der Waals surface area contributed by atoms with Gasteiger partial charge in [0.15, 0.2) is 11.6 Å². The van der Waals surface area contributed by atoms with Crippen molar-refractivity contribution in [2.24, 2.45) is 5.84 Å². The first-order valence-electron chi connectivity index (χ1n) is 6.61. The molecular formula is C15H20FN3O. The fourth-order valence-electron chi connectivity index (χ4n) is 2.12. The molecule has 0 spiro atoms. The molecule has 3 N–H and O–H groups in total. The Balaban J connectivity index is 2.69. The summed E-state index contributed by atoms with van der Waals surface area (Å²) >= 11 is 0. The maximum Gasteiger partial charge on any atom is 0.167 e. The second kappa shape index (κ2) is 5.25. The fraction of sp³-hybridized carbons (Fsp3) is 0.400. The van der Waals surface area contributed by atoms with Crippen LogP contribution >= 0.6 is 0 Å². The molecule has 0 aliphatic carbocycles. The number of hydrazine groups is 1. The van der Waals surface area contributed by atoms with Crippen molar-refractivity contribution in [1.29, 1.82) is 0 Å². The molecule has 0 atom stereocenters. The van der Waals surface area contributed by atoms with Gasteiger partial charge in [-0.25, -0.2) is 15.2 Å². The van der Waals surface area contributed by atoms with Crippen LogP contribution in [0.4, 0.5) is 10.2 Å². The van der Waals surface area contributed by atoms with E-state index in [1.807, 2.05) is 13.0 Å². The van der Waals surface area contributed by atoms with Gasteiger partial charge in [-0.2, -0.15) is 0 Å². The number of hydrogen-bond acceptors (Lipinski definition) is 4. The van der Waals surface area contributed by atoms with Gasteiger partial charge in [0.05, 0.1) is 12.1 Å². The quantitative estimate of drug-likeness (QED) is 0.667. The van der Waals surface area contributed by atoms with Crippen LogP contribution in [-0.4, -0.2) is 11.6 Å². The van der Waals surface area contributed by atoms with Crippen molar-refractivity contribution in [3.05, 3.63) is 29.6 Å². The number of pyridine rings is 1.